The van der Waals surface area contributed by atoms with Gasteiger partial charge in [-0.2, -0.15) is 0 Å². The molecule has 6 nitrogen and oxygen atoms in total. The summed E-state index contributed by atoms with van der Waals surface area (Å²) in [6, 6.07) is 6.03. The van der Waals surface area contributed by atoms with Crippen molar-refractivity contribution in [2.75, 3.05) is 7.05 Å². The first-order chi connectivity index (χ1) is 7.32. The van der Waals surface area contributed by atoms with Gasteiger partial charge in [0.2, 0.25) is 10.0 Å². The molecule has 1 aromatic carbocycles. The van der Waals surface area contributed by atoms with Gasteiger partial charge in [0, 0.05) is 13.6 Å². The average molecular weight is 244 g/mol. The molecule has 0 aliphatic rings. The largest absolute Gasteiger partial charge is 0.465 e. The summed E-state index contributed by atoms with van der Waals surface area (Å²) < 4.78 is 22.4. The SMILES string of the molecule is CN(Cc1ccccc1S(N)(=O)=O)C(=O)O. The molecular formula is C9H12N2O4S. The van der Waals surface area contributed by atoms with E-state index in [0.717, 1.165) is 4.90 Å². The minimum atomic E-state index is -3.82. The predicted octanol–water partition coefficient (Wildman–Crippen LogP) is 0.444. The number of carbonyl (C=O) groups is 1. The molecule has 0 radical (unpaired) electrons. The topological polar surface area (TPSA) is 101 Å². The number of carboxylic acid groups (broad SMARTS) is 1. The van der Waals surface area contributed by atoms with E-state index < -0.39 is 16.1 Å². The van der Waals surface area contributed by atoms with Crippen molar-refractivity contribution in [3.05, 3.63) is 29.8 Å². The first-order valence-corrected chi connectivity index (χ1v) is 5.92. The molecule has 0 atom stereocenters. The third kappa shape index (κ3) is 2.94. The van der Waals surface area contributed by atoms with Crippen molar-refractivity contribution in [1.29, 1.82) is 0 Å². The Kier molecular flexibility index (Phi) is 3.51. The highest BCUT2D eigenvalue weighted by molar-refractivity contribution is 7.89. The molecule has 0 aliphatic carbocycles. The Labute approximate surface area is 93.3 Å². The van der Waals surface area contributed by atoms with Gasteiger partial charge >= 0.3 is 6.09 Å². The Morgan fingerprint density at radius 3 is 2.50 bits per heavy atom. The molecule has 0 aliphatic heterocycles. The number of nitrogens with zero attached hydrogens (tertiary/aromatic N) is 1. The summed E-state index contributed by atoms with van der Waals surface area (Å²) in [5, 5.41) is 13.7. The maximum Gasteiger partial charge on any atom is 0.407 e. The van der Waals surface area contributed by atoms with E-state index in [1.54, 1.807) is 6.07 Å². The minimum Gasteiger partial charge on any atom is -0.465 e. The second-order valence-corrected chi connectivity index (χ2v) is 4.82. The highest BCUT2D eigenvalue weighted by Gasteiger charge is 2.15. The van der Waals surface area contributed by atoms with Gasteiger partial charge in [-0.15, -0.1) is 0 Å². The van der Waals surface area contributed by atoms with Crippen molar-refractivity contribution in [3.8, 4) is 0 Å². The van der Waals surface area contributed by atoms with E-state index >= 15 is 0 Å². The number of hydrogen-bond donors (Lipinski definition) is 2. The number of sulfonamides is 1. The van der Waals surface area contributed by atoms with Crippen LogP contribution in [0.2, 0.25) is 0 Å². The second kappa shape index (κ2) is 4.50. The molecule has 1 rings (SSSR count). The molecule has 0 aromatic heterocycles. The van der Waals surface area contributed by atoms with Crippen LogP contribution >= 0.6 is 0 Å². The molecule has 0 heterocycles. The van der Waals surface area contributed by atoms with Crippen LogP contribution < -0.4 is 5.14 Å². The standard InChI is InChI=1S/C9H12N2O4S/c1-11(9(12)13)6-7-4-2-3-5-8(7)16(10,14)15/h2-5H,6H2,1H3,(H,12,13)(H2,10,14,15). The first kappa shape index (κ1) is 12.5. The quantitative estimate of drug-likeness (QED) is 0.805. The molecule has 16 heavy (non-hydrogen) atoms. The van der Waals surface area contributed by atoms with Crippen LogP contribution in [0.25, 0.3) is 0 Å². The highest BCUT2D eigenvalue weighted by atomic mass is 32.2. The molecule has 3 N–H and O–H groups in total. The lowest BCUT2D eigenvalue weighted by Crippen LogP contribution is -2.25. The van der Waals surface area contributed by atoms with Crippen LogP contribution in [0, 0.1) is 0 Å². The average Bonchev–Trinajstić information content (AvgIpc) is 2.16. The zero-order valence-corrected chi connectivity index (χ0v) is 9.44. The van der Waals surface area contributed by atoms with E-state index in [4.69, 9.17) is 10.2 Å². The number of amides is 1. The molecule has 0 saturated carbocycles. The van der Waals surface area contributed by atoms with Crippen molar-refractivity contribution in [2.45, 2.75) is 11.4 Å². The van der Waals surface area contributed by atoms with E-state index in [-0.39, 0.29) is 11.4 Å². The van der Waals surface area contributed by atoms with Crippen LogP contribution in [-0.4, -0.2) is 31.6 Å². The summed E-state index contributed by atoms with van der Waals surface area (Å²) in [5.74, 6) is 0. The highest BCUT2D eigenvalue weighted by Crippen LogP contribution is 2.15. The summed E-state index contributed by atoms with van der Waals surface area (Å²) in [4.78, 5) is 11.5. The lowest BCUT2D eigenvalue weighted by molar-refractivity contribution is 0.153. The van der Waals surface area contributed by atoms with Crippen molar-refractivity contribution < 1.29 is 18.3 Å². The van der Waals surface area contributed by atoms with Gasteiger partial charge in [-0.1, -0.05) is 18.2 Å². The smallest absolute Gasteiger partial charge is 0.407 e. The van der Waals surface area contributed by atoms with Crippen LogP contribution in [0.3, 0.4) is 0 Å². The molecule has 0 unspecified atom stereocenters. The number of primary sulfonamides is 1. The molecule has 0 bridgehead atoms. The summed E-state index contributed by atoms with van der Waals surface area (Å²) in [6.07, 6.45) is -1.13. The number of nitrogens with two attached hydrogens (primary N) is 1. The van der Waals surface area contributed by atoms with Crippen LogP contribution in [0.4, 0.5) is 4.79 Å². The summed E-state index contributed by atoms with van der Waals surface area (Å²) in [6.45, 7) is -0.0259. The van der Waals surface area contributed by atoms with Crippen molar-refractivity contribution >= 4 is 16.1 Å². The summed E-state index contributed by atoms with van der Waals surface area (Å²) in [5.41, 5.74) is 0.356. The number of benzene rings is 1. The fourth-order valence-electron chi connectivity index (χ4n) is 1.24. The Morgan fingerprint density at radius 1 is 1.44 bits per heavy atom. The fourth-order valence-corrected chi connectivity index (χ4v) is 2.00. The Bertz CT molecular complexity index is 498. The monoisotopic (exact) mass is 244 g/mol. The van der Waals surface area contributed by atoms with Gasteiger partial charge in [-0.05, 0) is 11.6 Å². The molecule has 0 saturated heterocycles. The van der Waals surface area contributed by atoms with Gasteiger partial charge < -0.3 is 10.0 Å². The molecule has 1 amide bonds. The van der Waals surface area contributed by atoms with Gasteiger partial charge in [0.15, 0.2) is 0 Å². The van der Waals surface area contributed by atoms with Crippen LogP contribution in [0.1, 0.15) is 5.56 Å². The fraction of sp³-hybridized carbons (Fsp3) is 0.222. The Hall–Kier alpha value is -1.60. The van der Waals surface area contributed by atoms with Crippen molar-refractivity contribution in [2.24, 2.45) is 5.14 Å². The zero-order valence-electron chi connectivity index (χ0n) is 8.62. The van der Waals surface area contributed by atoms with E-state index in [1.807, 2.05) is 0 Å². The molecule has 1 aromatic rings. The van der Waals surface area contributed by atoms with Crippen molar-refractivity contribution in [3.63, 3.8) is 0 Å². The lowest BCUT2D eigenvalue weighted by Gasteiger charge is -2.14. The van der Waals surface area contributed by atoms with E-state index in [9.17, 15) is 13.2 Å². The lowest BCUT2D eigenvalue weighted by atomic mass is 10.2. The van der Waals surface area contributed by atoms with Gasteiger partial charge in [-0.25, -0.2) is 18.4 Å². The predicted molar refractivity (Wildman–Crippen MR) is 57.3 cm³/mol. The zero-order chi connectivity index (χ0) is 12.3. The van der Waals surface area contributed by atoms with E-state index in [1.165, 1.54) is 25.2 Å². The molecular weight excluding hydrogens is 232 g/mol. The Balaban J connectivity index is 3.10. The maximum absolute atomic E-state index is 11.2. The normalized spacial score (nSPS) is 11.1. The van der Waals surface area contributed by atoms with Gasteiger partial charge in [0.1, 0.15) is 0 Å². The number of hydrogen-bond acceptors (Lipinski definition) is 3. The summed E-state index contributed by atoms with van der Waals surface area (Å²) in [7, 11) is -2.47. The van der Waals surface area contributed by atoms with Crippen LogP contribution in [-0.2, 0) is 16.6 Å². The van der Waals surface area contributed by atoms with Crippen LogP contribution in [0.5, 0.6) is 0 Å². The molecule has 88 valence electrons. The summed E-state index contributed by atoms with van der Waals surface area (Å²) >= 11 is 0. The second-order valence-electron chi connectivity index (χ2n) is 3.29. The van der Waals surface area contributed by atoms with Crippen LogP contribution in [0.15, 0.2) is 29.2 Å². The Morgan fingerprint density at radius 2 is 2.00 bits per heavy atom. The molecule has 7 heteroatoms. The maximum atomic E-state index is 11.2. The van der Waals surface area contributed by atoms with Crippen molar-refractivity contribution in [1.82, 2.24) is 4.90 Å². The van der Waals surface area contributed by atoms with Gasteiger partial charge in [-0.3, -0.25) is 0 Å². The molecule has 0 fully saturated rings. The third-order valence-electron chi connectivity index (χ3n) is 2.01. The van der Waals surface area contributed by atoms with Gasteiger partial charge in [0.25, 0.3) is 0 Å². The van der Waals surface area contributed by atoms with Gasteiger partial charge in [0.05, 0.1) is 4.90 Å². The third-order valence-corrected chi connectivity index (χ3v) is 3.02. The van der Waals surface area contributed by atoms with E-state index in [0.29, 0.717) is 5.56 Å². The minimum absolute atomic E-state index is 0.0259. The number of rotatable bonds is 3. The molecule has 0 spiro atoms. The first-order valence-electron chi connectivity index (χ1n) is 4.37. The van der Waals surface area contributed by atoms with E-state index in [2.05, 4.69) is 0 Å².